The molecular weight excluding hydrogens is 262 g/mol. The number of aromatic nitrogens is 1. The molecule has 4 N–H and O–H groups in total. The first-order valence-corrected chi connectivity index (χ1v) is 7.92. The van der Waals surface area contributed by atoms with Gasteiger partial charge in [0.2, 0.25) is 0 Å². The van der Waals surface area contributed by atoms with Gasteiger partial charge >= 0.3 is 0 Å². The lowest BCUT2D eigenvalue weighted by Crippen LogP contribution is -2.38. The van der Waals surface area contributed by atoms with E-state index in [0.717, 1.165) is 19.6 Å². The number of aliphatic hydroxyl groups is 1. The van der Waals surface area contributed by atoms with E-state index in [2.05, 4.69) is 40.3 Å². The summed E-state index contributed by atoms with van der Waals surface area (Å²) in [7, 11) is 0. The van der Waals surface area contributed by atoms with Crippen LogP contribution in [0, 0.1) is 5.92 Å². The lowest BCUT2D eigenvalue weighted by molar-refractivity contribution is 0.138. The normalized spacial score (nSPS) is 19.1. The van der Waals surface area contributed by atoms with Crippen molar-refractivity contribution in [3.63, 3.8) is 0 Å². The van der Waals surface area contributed by atoms with Crippen molar-refractivity contribution in [3.05, 3.63) is 36.0 Å². The van der Waals surface area contributed by atoms with E-state index in [1.165, 1.54) is 29.3 Å². The van der Waals surface area contributed by atoms with Crippen LogP contribution in [-0.2, 0) is 0 Å². The van der Waals surface area contributed by atoms with Crippen LogP contribution in [-0.4, -0.2) is 47.8 Å². The van der Waals surface area contributed by atoms with Crippen molar-refractivity contribution in [2.24, 2.45) is 11.7 Å². The molecule has 1 unspecified atom stereocenters. The van der Waals surface area contributed by atoms with Crippen molar-refractivity contribution in [2.75, 3.05) is 32.8 Å². The zero-order valence-electron chi connectivity index (χ0n) is 12.5. The van der Waals surface area contributed by atoms with Crippen molar-refractivity contribution in [2.45, 2.75) is 18.8 Å². The molecule has 1 fully saturated rings. The highest BCUT2D eigenvalue weighted by molar-refractivity contribution is 5.83. The van der Waals surface area contributed by atoms with Crippen LogP contribution in [0.5, 0.6) is 0 Å². The molecule has 1 aromatic heterocycles. The quantitative estimate of drug-likeness (QED) is 0.787. The molecule has 1 aromatic carbocycles. The topological polar surface area (TPSA) is 65.3 Å². The molecule has 2 aromatic rings. The largest absolute Gasteiger partial charge is 0.395 e. The zero-order chi connectivity index (χ0) is 14.7. The second-order valence-electron chi connectivity index (χ2n) is 6.03. The molecule has 21 heavy (non-hydrogen) atoms. The van der Waals surface area contributed by atoms with Crippen LogP contribution in [0.2, 0.25) is 0 Å². The van der Waals surface area contributed by atoms with Crippen LogP contribution < -0.4 is 5.73 Å². The number of H-pyrrole nitrogens is 1. The predicted molar refractivity (Wildman–Crippen MR) is 86.3 cm³/mol. The summed E-state index contributed by atoms with van der Waals surface area (Å²) in [6, 6.07) is 8.46. The number of hydrogen-bond donors (Lipinski definition) is 3. The summed E-state index contributed by atoms with van der Waals surface area (Å²) in [6.07, 6.45) is 4.48. The maximum absolute atomic E-state index is 9.04. The predicted octanol–water partition coefficient (Wildman–Crippen LogP) is 1.91. The number of nitrogens with zero attached hydrogens (tertiary/aromatic N) is 1. The van der Waals surface area contributed by atoms with Crippen LogP contribution in [0.25, 0.3) is 10.9 Å². The van der Waals surface area contributed by atoms with Gasteiger partial charge < -0.3 is 20.7 Å². The fraction of sp³-hybridized carbons (Fsp3) is 0.529. The highest BCUT2D eigenvalue weighted by Crippen LogP contribution is 2.35. The van der Waals surface area contributed by atoms with Crippen LogP contribution in [0.3, 0.4) is 0 Å². The fourth-order valence-electron chi connectivity index (χ4n) is 3.69. The van der Waals surface area contributed by atoms with Gasteiger partial charge in [0.05, 0.1) is 6.61 Å². The van der Waals surface area contributed by atoms with Crippen LogP contribution >= 0.6 is 0 Å². The van der Waals surface area contributed by atoms with E-state index in [1.54, 1.807) is 0 Å². The Bertz CT molecular complexity index is 572. The number of nitrogens with two attached hydrogens (primary N) is 1. The number of rotatable bonds is 5. The summed E-state index contributed by atoms with van der Waals surface area (Å²) in [5.41, 5.74) is 8.68. The highest BCUT2D eigenvalue weighted by atomic mass is 16.3. The number of likely N-dealkylation sites (tertiary alicyclic amines) is 1. The Balaban J connectivity index is 1.76. The molecule has 0 radical (unpaired) electrons. The Labute approximate surface area is 125 Å². The molecule has 0 spiro atoms. The fourth-order valence-corrected chi connectivity index (χ4v) is 3.69. The maximum atomic E-state index is 9.04. The first-order chi connectivity index (χ1) is 10.3. The van der Waals surface area contributed by atoms with E-state index in [1.807, 2.05) is 0 Å². The van der Waals surface area contributed by atoms with Gasteiger partial charge in [-0.15, -0.1) is 0 Å². The third-order valence-electron chi connectivity index (χ3n) is 4.89. The molecule has 0 saturated carbocycles. The number of aromatic amines is 1. The average Bonchev–Trinajstić information content (AvgIpc) is 2.94. The van der Waals surface area contributed by atoms with E-state index in [4.69, 9.17) is 10.8 Å². The number of para-hydroxylation sites is 1. The summed E-state index contributed by atoms with van der Waals surface area (Å²) >= 11 is 0. The van der Waals surface area contributed by atoms with Crippen molar-refractivity contribution < 1.29 is 5.11 Å². The smallest absolute Gasteiger partial charge is 0.0558 e. The lowest BCUT2D eigenvalue weighted by Gasteiger charge is -2.35. The Morgan fingerprint density at radius 3 is 2.76 bits per heavy atom. The average molecular weight is 287 g/mol. The zero-order valence-corrected chi connectivity index (χ0v) is 12.5. The Morgan fingerprint density at radius 1 is 1.29 bits per heavy atom. The van der Waals surface area contributed by atoms with Crippen LogP contribution in [0.4, 0.5) is 0 Å². The van der Waals surface area contributed by atoms with Gasteiger partial charge in [-0.2, -0.15) is 0 Å². The minimum atomic E-state index is 0.257. The van der Waals surface area contributed by atoms with Gasteiger partial charge in [0.25, 0.3) is 0 Å². The first kappa shape index (κ1) is 14.6. The van der Waals surface area contributed by atoms with E-state index in [-0.39, 0.29) is 6.61 Å². The standard InChI is InChI=1S/C17H25N3O/c18-11-15(13-5-7-20(8-6-13)9-10-21)16-12-19-17-4-2-1-3-14(16)17/h1-4,12-13,15,19,21H,5-11,18H2. The highest BCUT2D eigenvalue weighted by Gasteiger charge is 2.28. The molecule has 1 aliphatic heterocycles. The SMILES string of the molecule is NCC(c1c[nH]c2ccccc12)C1CCN(CCO)CC1. The van der Waals surface area contributed by atoms with E-state index >= 15 is 0 Å². The molecule has 1 aliphatic rings. The molecule has 1 saturated heterocycles. The number of fused-ring (bicyclic) bond motifs is 1. The van der Waals surface area contributed by atoms with Crippen molar-refractivity contribution >= 4 is 10.9 Å². The summed E-state index contributed by atoms with van der Waals surface area (Å²) in [6.45, 7) is 3.90. The van der Waals surface area contributed by atoms with Gasteiger partial charge in [-0.3, -0.25) is 0 Å². The van der Waals surface area contributed by atoms with Crippen LogP contribution in [0.1, 0.15) is 24.3 Å². The van der Waals surface area contributed by atoms with Crippen molar-refractivity contribution in [1.29, 1.82) is 0 Å². The van der Waals surface area contributed by atoms with E-state index in [9.17, 15) is 0 Å². The molecule has 0 bridgehead atoms. The molecule has 2 heterocycles. The summed E-state index contributed by atoms with van der Waals surface area (Å²) < 4.78 is 0. The molecule has 3 rings (SSSR count). The number of β-amino-alcohol motifs (C(OH)–C–C–N with tert-alkyl or cyclic N) is 1. The summed E-state index contributed by atoms with van der Waals surface area (Å²) in [5.74, 6) is 1.07. The van der Waals surface area contributed by atoms with Gasteiger partial charge in [0.1, 0.15) is 0 Å². The Hall–Kier alpha value is -1.36. The van der Waals surface area contributed by atoms with Gasteiger partial charge in [-0.25, -0.2) is 0 Å². The molecule has 114 valence electrons. The maximum Gasteiger partial charge on any atom is 0.0558 e. The van der Waals surface area contributed by atoms with Gasteiger partial charge in [0.15, 0.2) is 0 Å². The molecule has 0 amide bonds. The molecule has 0 aliphatic carbocycles. The van der Waals surface area contributed by atoms with E-state index < -0.39 is 0 Å². The number of benzene rings is 1. The number of piperidine rings is 1. The first-order valence-electron chi connectivity index (χ1n) is 7.92. The van der Waals surface area contributed by atoms with Crippen LogP contribution in [0.15, 0.2) is 30.5 Å². The molecular formula is C17H25N3O. The third-order valence-corrected chi connectivity index (χ3v) is 4.89. The van der Waals surface area contributed by atoms with Crippen molar-refractivity contribution in [3.8, 4) is 0 Å². The second kappa shape index (κ2) is 6.60. The molecule has 1 atom stereocenters. The lowest BCUT2D eigenvalue weighted by atomic mass is 9.80. The minimum absolute atomic E-state index is 0.257. The van der Waals surface area contributed by atoms with Crippen molar-refractivity contribution in [1.82, 2.24) is 9.88 Å². The van der Waals surface area contributed by atoms with Gasteiger partial charge in [0, 0.05) is 29.6 Å². The monoisotopic (exact) mass is 287 g/mol. The van der Waals surface area contributed by atoms with Gasteiger partial charge in [-0.1, -0.05) is 18.2 Å². The Morgan fingerprint density at radius 2 is 2.05 bits per heavy atom. The number of aliphatic hydroxyl groups excluding tert-OH is 1. The number of nitrogens with one attached hydrogen (secondary N) is 1. The van der Waals surface area contributed by atoms with Gasteiger partial charge in [-0.05, 0) is 50.0 Å². The third kappa shape index (κ3) is 2.98. The second-order valence-corrected chi connectivity index (χ2v) is 6.03. The Kier molecular flexibility index (Phi) is 4.58. The number of hydrogen-bond acceptors (Lipinski definition) is 3. The summed E-state index contributed by atoms with van der Waals surface area (Å²) in [5, 5.41) is 10.4. The van der Waals surface area contributed by atoms with E-state index in [0.29, 0.717) is 18.4 Å². The summed E-state index contributed by atoms with van der Waals surface area (Å²) in [4.78, 5) is 5.72. The molecule has 4 nitrogen and oxygen atoms in total. The minimum Gasteiger partial charge on any atom is -0.395 e. The molecule has 4 heteroatoms.